The Morgan fingerprint density at radius 1 is 1.05 bits per heavy atom. The Bertz CT molecular complexity index is 562. The highest BCUT2D eigenvalue weighted by Gasteiger charge is 2.30. The topological polar surface area (TPSA) is 57.4 Å². The number of methoxy groups -OCH3 is 2. The molecule has 0 unspecified atom stereocenters. The molecular weight excluding hydrogens is 277 g/mol. The van der Waals surface area contributed by atoms with Gasteiger partial charge in [0.05, 0.1) is 5.56 Å². The van der Waals surface area contributed by atoms with Gasteiger partial charge in [-0.25, -0.2) is 0 Å². The van der Waals surface area contributed by atoms with Crippen LogP contribution in [0.15, 0.2) is 28.7 Å². The van der Waals surface area contributed by atoms with Gasteiger partial charge in [0.1, 0.15) is 0 Å². The van der Waals surface area contributed by atoms with Crippen molar-refractivity contribution in [1.29, 1.82) is 0 Å². The first-order chi connectivity index (χ1) is 9.45. The highest BCUT2D eigenvalue weighted by molar-refractivity contribution is 5.53. The molecule has 0 spiro atoms. The van der Waals surface area contributed by atoms with Crippen molar-refractivity contribution >= 4 is 0 Å². The number of nitrogens with zero attached hydrogens (tertiary/aromatic N) is 2. The number of hydrogen-bond donors (Lipinski definition) is 0. The average molecular weight is 288 g/mol. The summed E-state index contributed by atoms with van der Waals surface area (Å²) in [6, 6.07) is 4.41. The minimum atomic E-state index is -4.38. The van der Waals surface area contributed by atoms with Gasteiger partial charge in [0.2, 0.25) is 12.2 Å². The summed E-state index contributed by atoms with van der Waals surface area (Å²) in [6.45, 7) is 0. The quantitative estimate of drug-likeness (QED) is 0.809. The number of alkyl halides is 3. The highest BCUT2D eigenvalue weighted by Crippen LogP contribution is 2.31. The van der Waals surface area contributed by atoms with Crippen molar-refractivity contribution in [2.45, 2.75) is 12.5 Å². The Kier molecular flexibility index (Phi) is 4.05. The summed E-state index contributed by atoms with van der Waals surface area (Å²) < 4.78 is 52.5. The predicted molar refractivity (Wildman–Crippen MR) is 61.5 cm³/mol. The highest BCUT2D eigenvalue weighted by atomic mass is 19.4. The molecule has 5 nitrogen and oxygen atoms in total. The molecule has 0 saturated carbocycles. The number of halogens is 3. The maximum Gasteiger partial charge on any atom is 0.416 e. The van der Waals surface area contributed by atoms with Crippen molar-refractivity contribution in [3.63, 3.8) is 0 Å². The van der Waals surface area contributed by atoms with Gasteiger partial charge in [-0.3, -0.25) is 0 Å². The van der Waals surface area contributed by atoms with Crippen LogP contribution in [0.4, 0.5) is 13.2 Å². The fourth-order valence-electron chi connectivity index (χ4n) is 1.55. The zero-order valence-electron chi connectivity index (χ0n) is 10.6. The van der Waals surface area contributed by atoms with Gasteiger partial charge in [-0.15, -0.1) is 10.2 Å². The van der Waals surface area contributed by atoms with E-state index in [4.69, 9.17) is 13.9 Å². The molecule has 20 heavy (non-hydrogen) atoms. The zero-order valence-corrected chi connectivity index (χ0v) is 10.6. The van der Waals surface area contributed by atoms with Crippen LogP contribution in [0.3, 0.4) is 0 Å². The van der Waals surface area contributed by atoms with E-state index in [0.717, 1.165) is 12.1 Å². The smallest absolute Gasteiger partial charge is 0.416 e. The van der Waals surface area contributed by atoms with Crippen LogP contribution >= 0.6 is 0 Å². The van der Waals surface area contributed by atoms with Crippen molar-refractivity contribution in [1.82, 2.24) is 10.2 Å². The van der Waals surface area contributed by atoms with Crippen molar-refractivity contribution in [3.05, 3.63) is 35.7 Å². The van der Waals surface area contributed by atoms with Crippen LogP contribution in [0.1, 0.15) is 17.7 Å². The average Bonchev–Trinajstić information content (AvgIpc) is 2.89. The second kappa shape index (κ2) is 5.59. The van der Waals surface area contributed by atoms with Gasteiger partial charge in [0.15, 0.2) is 0 Å². The molecule has 0 radical (unpaired) electrons. The molecule has 0 atom stereocenters. The summed E-state index contributed by atoms with van der Waals surface area (Å²) in [5, 5.41) is 7.45. The van der Waals surface area contributed by atoms with Gasteiger partial charge < -0.3 is 13.9 Å². The molecule has 0 aliphatic rings. The second-order valence-electron chi connectivity index (χ2n) is 3.82. The summed E-state index contributed by atoms with van der Waals surface area (Å²) in [5.41, 5.74) is -0.365. The van der Waals surface area contributed by atoms with E-state index in [1.54, 1.807) is 0 Å². The molecule has 108 valence electrons. The third-order valence-corrected chi connectivity index (χ3v) is 2.53. The number of hydrogen-bond acceptors (Lipinski definition) is 5. The molecule has 2 aromatic rings. The molecule has 0 aliphatic heterocycles. The molecule has 0 saturated heterocycles. The normalized spacial score (nSPS) is 12.1. The van der Waals surface area contributed by atoms with E-state index in [0.29, 0.717) is 5.56 Å². The van der Waals surface area contributed by atoms with E-state index in [1.165, 1.54) is 26.4 Å². The zero-order chi connectivity index (χ0) is 14.8. The van der Waals surface area contributed by atoms with E-state index in [1.807, 2.05) is 0 Å². The Balaban J connectivity index is 2.24. The van der Waals surface area contributed by atoms with Gasteiger partial charge in [-0.1, -0.05) is 0 Å². The SMILES string of the molecule is COC(OC)c1nnc(-c2ccc(C(F)(F)F)cc2)o1. The van der Waals surface area contributed by atoms with Crippen LogP contribution in [0.2, 0.25) is 0 Å². The van der Waals surface area contributed by atoms with Crippen LogP contribution in [0.5, 0.6) is 0 Å². The van der Waals surface area contributed by atoms with Gasteiger partial charge >= 0.3 is 6.18 Å². The Labute approximate surface area is 112 Å². The first-order valence-electron chi connectivity index (χ1n) is 5.52. The monoisotopic (exact) mass is 288 g/mol. The summed E-state index contributed by atoms with van der Waals surface area (Å²) in [5.74, 6) is 0.178. The van der Waals surface area contributed by atoms with Gasteiger partial charge in [-0.2, -0.15) is 13.2 Å². The minimum absolute atomic E-state index is 0.0879. The number of rotatable bonds is 4. The van der Waals surface area contributed by atoms with Crippen molar-refractivity contribution in [3.8, 4) is 11.5 Å². The maximum absolute atomic E-state index is 12.4. The molecule has 0 N–H and O–H groups in total. The molecule has 0 amide bonds. The lowest BCUT2D eigenvalue weighted by molar-refractivity contribution is -0.137. The third-order valence-electron chi connectivity index (χ3n) is 2.53. The molecule has 0 bridgehead atoms. The van der Waals surface area contributed by atoms with E-state index in [2.05, 4.69) is 10.2 Å². The molecule has 0 aliphatic carbocycles. The fraction of sp³-hybridized carbons (Fsp3) is 0.333. The summed E-state index contributed by atoms with van der Waals surface area (Å²) in [4.78, 5) is 0. The van der Waals surface area contributed by atoms with Crippen LogP contribution < -0.4 is 0 Å². The largest absolute Gasteiger partial charge is 0.416 e. The Hall–Kier alpha value is -1.93. The van der Waals surface area contributed by atoms with Gasteiger partial charge in [0.25, 0.3) is 5.89 Å². The molecule has 1 aromatic heterocycles. The molecule has 1 heterocycles. The molecule has 1 aromatic carbocycles. The standard InChI is InChI=1S/C12H11F3N2O3/c1-18-11(19-2)10-17-16-9(20-10)7-3-5-8(6-4-7)12(13,14)15/h3-6,11H,1-2H3. The maximum atomic E-state index is 12.4. The van der Waals surface area contributed by atoms with Gasteiger partial charge in [0, 0.05) is 19.8 Å². The summed E-state index contributed by atoms with van der Waals surface area (Å²) >= 11 is 0. The van der Waals surface area contributed by atoms with Crippen LogP contribution in [-0.2, 0) is 15.7 Å². The molecular formula is C12H11F3N2O3. The van der Waals surface area contributed by atoms with Crippen molar-refractivity contribution in [2.24, 2.45) is 0 Å². The minimum Gasteiger partial charge on any atom is -0.416 e. The fourth-order valence-corrected chi connectivity index (χ4v) is 1.55. The molecule has 2 rings (SSSR count). The van der Waals surface area contributed by atoms with Crippen molar-refractivity contribution in [2.75, 3.05) is 14.2 Å². The lowest BCUT2D eigenvalue weighted by Gasteiger charge is -2.07. The van der Waals surface area contributed by atoms with E-state index in [-0.39, 0.29) is 11.8 Å². The van der Waals surface area contributed by atoms with E-state index in [9.17, 15) is 13.2 Å². The number of aromatic nitrogens is 2. The predicted octanol–water partition coefficient (Wildman–Crippen LogP) is 3.05. The number of benzene rings is 1. The molecule has 0 fully saturated rings. The third kappa shape index (κ3) is 2.97. The first-order valence-corrected chi connectivity index (χ1v) is 5.52. The summed E-state index contributed by atoms with van der Waals surface area (Å²) in [7, 11) is 2.80. The Morgan fingerprint density at radius 3 is 2.15 bits per heavy atom. The lowest BCUT2D eigenvalue weighted by atomic mass is 10.1. The van der Waals surface area contributed by atoms with Crippen molar-refractivity contribution < 1.29 is 27.1 Å². The number of ether oxygens (including phenoxy) is 2. The van der Waals surface area contributed by atoms with E-state index < -0.39 is 18.0 Å². The second-order valence-corrected chi connectivity index (χ2v) is 3.82. The lowest BCUT2D eigenvalue weighted by Crippen LogP contribution is -2.04. The van der Waals surface area contributed by atoms with Crippen LogP contribution in [0.25, 0.3) is 11.5 Å². The van der Waals surface area contributed by atoms with E-state index >= 15 is 0 Å². The Morgan fingerprint density at radius 2 is 1.65 bits per heavy atom. The molecule has 8 heteroatoms. The first kappa shape index (κ1) is 14.5. The van der Waals surface area contributed by atoms with Crippen LogP contribution in [0, 0.1) is 0 Å². The summed E-state index contributed by atoms with van der Waals surface area (Å²) in [6.07, 6.45) is -5.19. The van der Waals surface area contributed by atoms with Crippen LogP contribution in [-0.4, -0.2) is 24.4 Å². The van der Waals surface area contributed by atoms with Gasteiger partial charge in [-0.05, 0) is 24.3 Å².